The van der Waals surface area contributed by atoms with E-state index < -0.39 is 0 Å². The molecule has 0 saturated heterocycles. The third-order valence-electron chi connectivity index (χ3n) is 3.63. The molecule has 0 radical (unpaired) electrons. The maximum atomic E-state index is 6.42. The average Bonchev–Trinajstić information content (AvgIpc) is 2.31. The van der Waals surface area contributed by atoms with Gasteiger partial charge in [-0.3, -0.25) is 0 Å². The Morgan fingerprint density at radius 1 is 1.26 bits per heavy atom. The van der Waals surface area contributed by atoms with Gasteiger partial charge in [-0.05, 0) is 56.2 Å². The molecule has 1 saturated carbocycles. The lowest BCUT2D eigenvalue weighted by Gasteiger charge is -2.36. The molecule has 4 heteroatoms. The molecule has 0 aliphatic heterocycles. The molecule has 1 aromatic rings. The lowest BCUT2D eigenvalue weighted by Crippen LogP contribution is -2.33. The Bertz CT molecular complexity index is 416. The Labute approximate surface area is 130 Å². The highest BCUT2D eigenvalue weighted by molar-refractivity contribution is 6.42. The highest BCUT2D eigenvalue weighted by Gasteiger charge is 2.30. The lowest BCUT2D eigenvalue weighted by atomic mass is 9.78. The number of rotatable bonds is 6. The van der Waals surface area contributed by atoms with Crippen molar-refractivity contribution in [3.05, 3.63) is 33.8 Å². The van der Waals surface area contributed by atoms with E-state index in [1.807, 2.05) is 25.1 Å². The molecular formula is C15H19Cl3O. The minimum absolute atomic E-state index is 0.157. The van der Waals surface area contributed by atoms with Gasteiger partial charge in [0, 0.05) is 12.0 Å². The molecule has 1 fully saturated rings. The maximum absolute atomic E-state index is 6.42. The zero-order valence-electron chi connectivity index (χ0n) is 11.0. The van der Waals surface area contributed by atoms with Gasteiger partial charge in [0.15, 0.2) is 0 Å². The Morgan fingerprint density at radius 3 is 2.63 bits per heavy atom. The van der Waals surface area contributed by atoms with Crippen LogP contribution in [0.1, 0.15) is 31.7 Å². The molecule has 0 aromatic heterocycles. The fourth-order valence-electron chi connectivity index (χ4n) is 2.61. The predicted molar refractivity (Wildman–Crippen MR) is 82.6 cm³/mol. The number of halogens is 3. The molecule has 0 amide bonds. The number of hydrogen-bond acceptors (Lipinski definition) is 1. The van der Waals surface area contributed by atoms with Gasteiger partial charge in [-0.15, -0.1) is 11.6 Å². The topological polar surface area (TPSA) is 9.23 Å². The van der Waals surface area contributed by atoms with Crippen LogP contribution in [0.3, 0.4) is 0 Å². The summed E-state index contributed by atoms with van der Waals surface area (Å²) in [6.45, 7) is 2.85. The van der Waals surface area contributed by atoms with Crippen LogP contribution in [0.2, 0.25) is 10.0 Å². The summed E-state index contributed by atoms with van der Waals surface area (Å²) in [6, 6.07) is 5.73. The molecule has 2 rings (SSSR count). The maximum Gasteiger partial charge on any atom is 0.0595 e. The molecule has 0 heterocycles. The second-order valence-electron chi connectivity index (χ2n) is 5.20. The minimum Gasteiger partial charge on any atom is -0.378 e. The largest absolute Gasteiger partial charge is 0.378 e. The van der Waals surface area contributed by atoms with E-state index in [1.165, 1.54) is 0 Å². The molecule has 1 aliphatic carbocycles. The molecule has 1 nitrogen and oxygen atoms in total. The predicted octanol–water partition coefficient (Wildman–Crippen LogP) is 5.35. The van der Waals surface area contributed by atoms with Gasteiger partial charge in [-0.25, -0.2) is 0 Å². The summed E-state index contributed by atoms with van der Waals surface area (Å²) >= 11 is 18.3. The molecular weight excluding hydrogens is 303 g/mol. The summed E-state index contributed by atoms with van der Waals surface area (Å²) in [5, 5.41) is 1.35. The zero-order valence-corrected chi connectivity index (χ0v) is 13.3. The molecule has 0 spiro atoms. The minimum atomic E-state index is 0.157. The van der Waals surface area contributed by atoms with Crippen molar-refractivity contribution in [3.8, 4) is 0 Å². The van der Waals surface area contributed by atoms with Crippen molar-refractivity contribution in [1.29, 1.82) is 0 Å². The normalized spacial score (nSPS) is 24.0. The molecule has 1 aromatic carbocycles. The highest BCUT2D eigenvalue weighted by Crippen LogP contribution is 2.35. The van der Waals surface area contributed by atoms with Crippen molar-refractivity contribution in [1.82, 2.24) is 0 Å². The quantitative estimate of drug-likeness (QED) is 0.642. The third kappa shape index (κ3) is 4.53. The van der Waals surface area contributed by atoms with Crippen LogP contribution in [-0.2, 0) is 11.2 Å². The van der Waals surface area contributed by atoms with Gasteiger partial charge >= 0.3 is 0 Å². The van der Waals surface area contributed by atoms with Crippen LogP contribution in [0.4, 0.5) is 0 Å². The summed E-state index contributed by atoms with van der Waals surface area (Å²) in [4.78, 5) is 0. The SMILES string of the molecule is CCOC1CC(CC(Cl)Cc2ccc(Cl)c(Cl)c2)C1. The van der Waals surface area contributed by atoms with E-state index in [1.54, 1.807) is 0 Å². The molecule has 0 bridgehead atoms. The Hall–Kier alpha value is 0.0500. The van der Waals surface area contributed by atoms with Gasteiger partial charge in [0.1, 0.15) is 0 Å². The first-order valence-electron chi connectivity index (χ1n) is 6.78. The number of hydrogen-bond donors (Lipinski definition) is 0. The van der Waals surface area contributed by atoms with E-state index >= 15 is 0 Å². The summed E-state index contributed by atoms with van der Waals surface area (Å²) in [5.74, 6) is 0.710. The average molecular weight is 322 g/mol. The van der Waals surface area contributed by atoms with Crippen molar-refractivity contribution in [2.45, 2.75) is 44.1 Å². The standard InChI is InChI=1S/C15H19Cl3O/c1-2-19-13-7-11(8-13)6-12(16)5-10-3-4-14(17)15(18)9-10/h3-4,9,11-13H,2,5-8H2,1H3. The van der Waals surface area contributed by atoms with Crippen molar-refractivity contribution >= 4 is 34.8 Å². The second-order valence-corrected chi connectivity index (χ2v) is 6.63. The van der Waals surface area contributed by atoms with Crippen LogP contribution in [0.25, 0.3) is 0 Å². The highest BCUT2D eigenvalue weighted by atomic mass is 35.5. The fraction of sp³-hybridized carbons (Fsp3) is 0.600. The van der Waals surface area contributed by atoms with Gasteiger partial charge in [-0.2, -0.15) is 0 Å². The van der Waals surface area contributed by atoms with E-state index in [2.05, 4.69) is 0 Å². The molecule has 106 valence electrons. The first-order chi connectivity index (χ1) is 9.08. The van der Waals surface area contributed by atoms with Crippen molar-refractivity contribution in [2.75, 3.05) is 6.61 Å². The molecule has 1 atom stereocenters. The van der Waals surface area contributed by atoms with Crippen molar-refractivity contribution < 1.29 is 4.74 Å². The Kier molecular flexibility index (Phi) is 5.83. The molecule has 19 heavy (non-hydrogen) atoms. The summed E-state index contributed by atoms with van der Waals surface area (Å²) in [7, 11) is 0. The van der Waals surface area contributed by atoms with E-state index in [0.29, 0.717) is 22.1 Å². The summed E-state index contributed by atoms with van der Waals surface area (Å²) < 4.78 is 5.56. The Morgan fingerprint density at radius 2 is 2.00 bits per heavy atom. The monoisotopic (exact) mass is 320 g/mol. The van der Waals surface area contributed by atoms with Gasteiger partial charge in [0.2, 0.25) is 0 Å². The van der Waals surface area contributed by atoms with Crippen LogP contribution >= 0.6 is 34.8 Å². The fourth-order valence-corrected chi connectivity index (χ4v) is 3.36. The van der Waals surface area contributed by atoms with Crippen LogP contribution in [0.5, 0.6) is 0 Å². The number of ether oxygens (including phenoxy) is 1. The smallest absolute Gasteiger partial charge is 0.0595 e. The van der Waals surface area contributed by atoms with Crippen LogP contribution in [0, 0.1) is 5.92 Å². The van der Waals surface area contributed by atoms with Gasteiger partial charge in [0.25, 0.3) is 0 Å². The molecule has 1 unspecified atom stereocenters. The Balaban J connectivity index is 1.75. The zero-order chi connectivity index (χ0) is 13.8. The molecule has 1 aliphatic rings. The van der Waals surface area contributed by atoms with Crippen molar-refractivity contribution in [3.63, 3.8) is 0 Å². The van der Waals surface area contributed by atoms with Gasteiger partial charge in [0.05, 0.1) is 16.1 Å². The number of alkyl halides is 1. The summed E-state index contributed by atoms with van der Waals surface area (Å²) in [6.07, 6.45) is 4.65. The van der Waals surface area contributed by atoms with Crippen LogP contribution in [-0.4, -0.2) is 18.1 Å². The van der Waals surface area contributed by atoms with E-state index in [-0.39, 0.29) is 5.38 Å². The van der Waals surface area contributed by atoms with Crippen molar-refractivity contribution in [2.24, 2.45) is 5.92 Å². The van der Waals surface area contributed by atoms with E-state index in [9.17, 15) is 0 Å². The number of benzene rings is 1. The molecule has 0 N–H and O–H groups in total. The second kappa shape index (κ2) is 7.17. The third-order valence-corrected chi connectivity index (χ3v) is 4.70. The first-order valence-corrected chi connectivity index (χ1v) is 7.97. The van der Waals surface area contributed by atoms with Crippen LogP contribution in [0.15, 0.2) is 18.2 Å². The first kappa shape index (κ1) is 15.4. The lowest BCUT2D eigenvalue weighted by molar-refractivity contribution is -0.0266. The van der Waals surface area contributed by atoms with E-state index in [0.717, 1.165) is 37.9 Å². The van der Waals surface area contributed by atoms with Crippen LogP contribution < -0.4 is 0 Å². The van der Waals surface area contributed by atoms with Gasteiger partial charge < -0.3 is 4.74 Å². The van der Waals surface area contributed by atoms with E-state index in [4.69, 9.17) is 39.5 Å². The summed E-state index contributed by atoms with van der Waals surface area (Å²) in [5.41, 5.74) is 1.15. The van der Waals surface area contributed by atoms with Gasteiger partial charge in [-0.1, -0.05) is 29.3 Å².